The minimum atomic E-state index is 0.591. The Hall–Kier alpha value is -3.10. The van der Waals surface area contributed by atoms with Gasteiger partial charge in [-0.1, -0.05) is 30.3 Å². The number of rotatable bonds is 4. The highest BCUT2D eigenvalue weighted by Crippen LogP contribution is 2.33. The van der Waals surface area contributed by atoms with E-state index in [-0.39, 0.29) is 0 Å². The van der Waals surface area contributed by atoms with Gasteiger partial charge in [-0.3, -0.25) is 4.40 Å². The van der Waals surface area contributed by atoms with Crippen molar-refractivity contribution in [2.24, 2.45) is 0 Å². The van der Waals surface area contributed by atoms with Crippen LogP contribution in [0.15, 0.2) is 48.5 Å². The molecular weight excluding hydrogens is 310 g/mol. The smallest absolute Gasteiger partial charge is 0.158 e. The molecule has 0 bridgehead atoms. The van der Waals surface area contributed by atoms with Crippen molar-refractivity contribution in [3.05, 3.63) is 54.1 Å². The molecule has 0 spiro atoms. The Morgan fingerprint density at radius 3 is 2.56 bits per heavy atom. The number of anilines is 1. The molecule has 2 aromatic carbocycles. The van der Waals surface area contributed by atoms with Crippen LogP contribution >= 0.6 is 0 Å². The summed E-state index contributed by atoms with van der Waals surface area (Å²) >= 11 is 0. The number of fused-ring (bicyclic) bond motifs is 5. The number of hydrogen-bond acceptors (Lipinski definition) is 4. The van der Waals surface area contributed by atoms with E-state index in [1.54, 1.807) is 0 Å². The van der Waals surface area contributed by atoms with E-state index in [0.29, 0.717) is 11.2 Å². The van der Waals surface area contributed by atoms with Crippen molar-refractivity contribution in [2.75, 3.05) is 32.5 Å². The number of imidazole rings is 1. The molecule has 0 amide bonds. The van der Waals surface area contributed by atoms with Crippen molar-refractivity contribution >= 4 is 33.3 Å². The number of likely N-dealkylation sites (N-methyl/N-ethyl adjacent to an activating group) is 1. The van der Waals surface area contributed by atoms with Crippen molar-refractivity contribution in [1.29, 1.82) is 5.26 Å². The number of aromatic nitrogens is 2. The molecule has 4 rings (SSSR count). The van der Waals surface area contributed by atoms with Crippen LogP contribution in [0.1, 0.15) is 5.56 Å². The Balaban J connectivity index is 2.06. The zero-order valence-corrected chi connectivity index (χ0v) is 14.3. The molecule has 0 fully saturated rings. The van der Waals surface area contributed by atoms with Gasteiger partial charge < -0.3 is 10.2 Å². The zero-order valence-electron chi connectivity index (χ0n) is 14.3. The van der Waals surface area contributed by atoms with E-state index < -0.39 is 0 Å². The molecule has 25 heavy (non-hydrogen) atoms. The quantitative estimate of drug-likeness (QED) is 0.623. The predicted octanol–water partition coefficient (Wildman–Crippen LogP) is 3.49. The number of nitriles is 1. The number of nitrogens with zero attached hydrogens (tertiary/aromatic N) is 4. The second-order valence-corrected chi connectivity index (χ2v) is 6.37. The maximum absolute atomic E-state index is 9.86. The van der Waals surface area contributed by atoms with Gasteiger partial charge >= 0.3 is 0 Å². The Bertz CT molecular complexity index is 1120. The molecule has 0 saturated carbocycles. The molecule has 2 aromatic heterocycles. The lowest BCUT2D eigenvalue weighted by atomic mass is 10.1. The minimum absolute atomic E-state index is 0.591. The summed E-state index contributed by atoms with van der Waals surface area (Å²) in [5.74, 6) is 0. The largest absolute Gasteiger partial charge is 0.382 e. The first-order valence-electron chi connectivity index (χ1n) is 8.31. The normalized spacial score (nSPS) is 11.4. The molecule has 2 heterocycles. The summed E-state index contributed by atoms with van der Waals surface area (Å²) in [6.45, 7) is 1.66. The van der Waals surface area contributed by atoms with Gasteiger partial charge in [-0.25, -0.2) is 4.98 Å². The highest BCUT2D eigenvalue weighted by molar-refractivity contribution is 6.02. The third-order valence-corrected chi connectivity index (χ3v) is 4.42. The van der Waals surface area contributed by atoms with Gasteiger partial charge in [-0.2, -0.15) is 5.26 Å². The fourth-order valence-corrected chi connectivity index (χ4v) is 3.26. The topological polar surface area (TPSA) is 56.4 Å². The van der Waals surface area contributed by atoms with Gasteiger partial charge in [-0.05, 0) is 32.3 Å². The first-order valence-corrected chi connectivity index (χ1v) is 8.31. The Morgan fingerprint density at radius 1 is 1.08 bits per heavy atom. The fourth-order valence-electron chi connectivity index (χ4n) is 3.26. The first kappa shape index (κ1) is 15.4. The summed E-state index contributed by atoms with van der Waals surface area (Å²) < 4.78 is 2.08. The molecule has 0 unspecified atom stereocenters. The van der Waals surface area contributed by atoms with Crippen LogP contribution in [-0.2, 0) is 0 Å². The van der Waals surface area contributed by atoms with Crippen molar-refractivity contribution in [1.82, 2.24) is 14.3 Å². The standard InChI is InChI=1S/C20H19N5/c1-24(2)12-11-22-19-14-7-3-5-9-17(14)25-18-10-6-4-8-16(18)23-20(25)15(19)13-21/h3-10,22H,11-12H2,1-2H3. The summed E-state index contributed by atoms with van der Waals surface area (Å²) in [5.41, 5.74) is 5.13. The van der Waals surface area contributed by atoms with E-state index in [9.17, 15) is 5.26 Å². The van der Waals surface area contributed by atoms with Crippen LogP contribution in [0.5, 0.6) is 0 Å². The van der Waals surface area contributed by atoms with Crippen LogP contribution in [0.2, 0.25) is 0 Å². The summed E-state index contributed by atoms with van der Waals surface area (Å²) in [6.07, 6.45) is 0. The van der Waals surface area contributed by atoms with Gasteiger partial charge in [-0.15, -0.1) is 0 Å². The van der Waals surface area contributed by atoms with Gasteiger partial charge in [0.2, 0.25) is 0 Å². The highest BCUT2D eigenvalue weighted by Gasteiger charge is 2.17. The first-order chi connectivity index (χ1) is 12.2. The van der Waals surface area contributed by atoms with Crippen molar-refractivity contribution in [3.8, 4) is 6.07 Å². The third-order valence-electron chi connectivity index (χ3n) is 4.42. The zero-order chi connectivity index (χ0) is 17.4. The molecule has 0 aliphatic rings. The SMILES string of the molecule is CN(C)CCNc1c(C#N)c2nc3ccccc3n2c2ccccc12. The maximum Gasteiger partial charge on any atom is 0.158 e. The van der Waals surface area contributed by atoms with Crippen LogP contribution in [0.4, 0.5) is 5.69 Å². The van der Waals surface area contributed by atoms with E-state index in [2.05, 4.69) is 32.8 Å². The molecule has 5 nitrogen and oxygen atoms in total. The summed E-state index contributed by atoms with van der Waals surface area (Å²) in [6, 6.07) is 18.5. The maximum atomic E-state index is 9.86. The Labute approximate surface area is 146 Å². The van der Waals surface area contributed by atoms with Crippen LogP contribution in [-0.4, -0.2) is 41.5 Å². The molecule has 0 saturated heterocycles. The van der Waals surface area contributed by atoms with E-state index in [1.165, 1.54) is 0 Å². The average Bonchev–Trinajstić information content (AvgIpc) is 3.01. The van der Waals surface area contributed by atoms with Gasteiger partial charge in [0.25, 0.3) is 0 Å². The number of pyridine rings is 1. The van der Waals surface area contributed by atoms with Gasteiger partial charge in [0.1, 0.15) is 11.6 Å². The van der Waals surface area contributed by atoms with E-state index in [4.69, 9.17) is 4.98 Å². The van der Waals surface area contributed by atoms with E-state index >= 15 is 0 Å². The lowest BCUT2D eigenvalue weighted by Gasteiger charge is -2.16. The highest BCUT2D eigenvalue weighted by atomic mass is 15.1. The number of benzene rings is 2. The van der Waals surface area contributed by atoms with Gasteiger partial charge in [0, 0.05) is 18.5 Å². The lowest BCUT2D eigenvalue weighted by Crippen LogP contribution is -2.21. The number of para-hydroxylation sites is 3. The van der Waals surface area contributed by atoms with Gasteiger partial charge in [0.15, 0.2) is 5.65 Å². The predicted molar refractivity (Wildman–Crippen MR) is 102 cm³/mol. The summed E-state index contributed by atoms with van der Waals surface area (Å²) in [5, 5.41) is 14.3. The average molecular weight is 329 g/mol. The molecule has 1 N–H and O–H groups in total. The second kappa shape index (κ2) is 6.08. The Kier molecular flexibility index (Phi) is 3.75. The van der Waals surface area contributed by atoms with Gasteiger partial charge in [0.05, 0.1) is 22.2 Å². The molecule has 124 valence electrons. The monoisotopic (exact) mass is 329 g/mol. The number of nitrogens with one attached hydrogen (secondary N) is 1. The van der Waals surface area contributed by atoms with E-state index in [1.807, 2.05) is 50.5 Å². The molecule has 0 radical (unpaired) electrons. The fraction of sp³-hybridized carbons (Fsp3) is 0.200. The third kappa shape index (κ3) is 2.48. The van der Waals surface area contributed by atoms with Crippen LogP contribution in [0.3, 0.4) is 0 Å². The van der Waals surface area contributed by atoms with Crippen molar-refractivity contribution < 1.29 is 0 Å². The number of hydrogen-bond donors (Lipinski definition) is 1. The van der Waals surface area contributed by atoms with Crippen LogP contribution < -0.4 is 5.32 Å². The molecule has 5 heteroatoms. The minimum Gasteiger partial charge on any atom is -0.382 e. The molecule has 0 atom stereocenters. The summed E-state index contributed by atoms with van der Waals surface area (Å²) in [7, 11) is 4.07. The Morgan fingerprint density at radius 2 is 1.80 bits per heavy atom. The van der Waals surface area contributed by atoms with Crippen LogP contribution in [0.25, 0.3) is 27.6 Å². The summed E-state index contributed by atoms with van der Waals surface area (Å²) in [4.78, 5) is 6.84. The lowest BCUT2D eigenvalue weighted by molar-refractivity contribution is 0.425. The second-order valence-electron chi connectivity index (χ2n) is 6.37. The van der Waals surface area contributed by atoms with Crippen molar-refractivity contribution in [2.45, 2.75) is 0 Å². The molecular formula is C20H19N5. The van der Waals surface area contributed by atoms with Crippen molar-refractivity contribution in [3.63, 3.8) is 0 Å². The molecule has 0 aliphatic heterocycles. The molecule has 4 aromatic rings. The molecule has 0 aliphatic carbocycles. The van der Waals surface area contributed by atoms with Crippen LogP contribution in [0, 0.1) is 11.3 Å². The van der Waals surface area contributed by atoms with E-state index in [0.717, 1.165) is 40.7 Å².